The van der Waals surface area contributed by atoms with E-state index in [1.165, 1.54) is 10.4 Å². The molecule has 2 rings (SSSR count). The zero-order valence-corrected chi connectivity index (χ0v) is 11.6. The first-order valence-corrected chi connectivity index (χ1v) is 7.73. The van der Waals surface area contributed by atoms with Gasteiger partial charge in [-0.25, -0.2) is 8.42 Å². The van der Waals surface area contributed by atoms with Crippen molar-refractivity contribution in [2.75, 3.05) is 13.1 Å². The molecule has 2 heterocycles. The molecule has 110 valence electrons. The third-order valence-electron chi connectivity index (χ3n) is 3.36. The van der Waals surface area contributed by atoms with Crippen molar-refractivity contribution in [1.82, 2.24) is 9.29 Å². The molecule has 1 aromatic heterocycles. The normalized spacial score (nSPS) is 20.8. The van der Waals surface area contributed by atoms with Gasteiger partial charge in [-0.2, -0.15) is 4.31 Å². The Morgan fingerprint density at radius 3 is 2.75 bits per heavy atom. The average Bonchev–Trinajstić information content (AvgIpc) is 2.47. The summed E-state index contributed by atoms with van der Waals surface area (Å²) in [6.07, 6.45) is 3.49. The van der Waals surface area contributed by atoms with Gasteiger partial charge in [0.05, 0.1) is 0 Å². The van der Waals surface area contributed by atoms with Gasteiger partial charge in [0, 0.05) is 25.2 Å². The van der Waals surface area contributed by atoms with Crippen molar-refractivity contribution >= 4 is 15.8 Å². The quantitative estimate of drug-likeness (QED) is 0.638. The van der Waals surface area contributed by atoms with Gasteiger partial charge in [0.1, 0.15) is 4.90 Å². The van der Waals surface area contributed by atoms with E-state index in [0.717, 1.165) is 31.5 Å². The topological polar surface area (TPSA) is 119 Å². The molecule has 1 aromatic rings. The first-order valence-electron chi connectivity index (χ1n) is 6.29. The van der Waals surface area contributed by atoms with Crippen molar-refractivity contribution in [2.45, 2.75) is 30.2 Å². The average molecular weight is 300 g/mol. The third kappa shape index (κ3) is 2.79. The van der Waals surface area contributed by atoms with E-state index in [1.807, 2.05) is 0 Å². The van der Waals surface area contributed by atoms with Crippen LogP contribution in [0.15, 0.2) is 23.2 Å². The Balaban J connectivity index is 2.31. The number of hydrogen-bond donors (Lipinski definition) is 1. The number of piperidine rings is 1. The highest BCUT2D eigenvalue weighted by molar-refractivity contribution is 7.89. The Labute approximate surface area is 116 Å². The second-order valence-electron chi connectivity index (χ2n) is 4.61. The predicted octanol–water partition coefficient (Wildman–Crippen LogP) is 0.492. The number of nitrogens with zero attached hydrogens (tertiary/aromatic N) is 3. The number of nitrogens with two attached hydrogens (primary N) is 1. The zero-order valence-electron chi connectivity index (χ0n) is 10.8. The van der Waals surface area contributed by atoms with Crippen LogP contribution in [-0.4, -0.2) is 41.8 Å². The van der Waals surface area contributed by atoms with Gasteiger partial charge in [0.2, 0.25) is 10.0 Å². The van der Waals surface area contributed by atoms with Crippen LogP contribution in [0.1, 0.15) is 19.3 Å². The lowest BCUT2D eigenvalue weighted by Gasteiger charge is -2.33. The van der Waals surface area contributed by atoms with Crippen molar-refractivity contribution in [3.8, 4) is 0 Å². The fourth-order valence-corrected chi connectivity index (χ4v) is 3.94. The van der Waals surface area contributed by atoms with Gasteiger partial charge in [-0.05, 0) is 28.8 Å². The summed E-state index contributed by atoms with van der Waals surface area (Å²) in [4.78, 5) is 13.4. The second-order valence-corrected chi connectivity index (χ2v) is 6.50. The van der Waals surface area contributed by atoms with Gasteiger partial charge in [0.15, 0.2) is 6.20 Å². The lowest BCUT2D eigenvalue weighted by atomic mass is 10.1. The first kappa shape index (κ1) is 14.8. The van der Waals surface area contributed by atoms with Crippen LogP contribution in [0.5, 0.6) is 0 Å². The molecule has 1 atom stereocenters. The summed E-state index contributed by atoms with van der Waals surface area (Å²) in [6.45, 7) is 0.681. The van der Waals surface area contributed by atoms with Crippen LogP contribution in [0.25, 0.3) is 0 Å². The van der Waals surface area contributed by atoms with E-state index in [-0.39, 0.29) is 23.3 Å². The predicted molar refractivity (Wildman–Crippen MR) is 71.5 cm³/mol. The maximum atomic E-state index is 12.5. The fraction of sp³-hybridized carbons (Fsp3) is 0.545. The summed E-state index contributed by atoms with van der Waals surface area (Å²) in [5.74, 6) is -0.377. The molecule has 0 aliphatic carbocycles. The standard InChI is InChI=1S/C11H16N4O4S/c12-7-9-3-1-2-6-14(9)20(18,19)10-4-5-11(13-8-10)15(16)17/h4-5,8-9H,1-3,6-7,12H2. The number of rotatable bonds is 4. The molecule has 0 bridgehead atoms. The molecule has 1 aliphatic heterocycles. The number of aromatic nitrogens is 1. The third-order valence-corrected chi connectivity index (χ3v) is 5.29. The molecule has 0 radical (unpaired) electrons. The van der Waals surface area contributed by atoms with Gasteiger partial charge in [-0.3, -0.25) is 0 Å². The van der Waals surface area contributed by atoms with E-state index in [9.17, 15) is 18.5 Å². The van der Waals surface area contributed by atoms with Crippen molar-refractivity contribution in [3.63, 3.8) is 0 Å². The van der Waals surface area contributed by atoms with Crippen LogP contribution in [0.4, 0.5) is 5.82 Å². The highest BCUT2D eigenvalue weighted by atomic mass is 32.2. The summed E-state index contributed by atoms with van der Waals surface area (Å²) >= 11 is 0. The zero-order chi connectivity index (χ0) is 14.8. The Hall–Kier alpha value is -1.58. The molecule has 20 heavy (non-hydrogen) atoms. The molecule has 0 amide bonds. The van der Waals surface area contributed by atoms with Gasteiger partial charge < -0.3 is 15.8 Å². The van der Waals surface area contributed by atoms with Crippen molar-refractivity contribution in [3.05, 3.63) is 28.4 Å². The Morgan fingerprint density at radius 1 is 1.45 bits per heavy atom. The van der Waals surface area contributed by atoms with Crippen molar-refractivity contribution in [1.29, 1.82) is 0 Å². The summed E-state index contributed by atoms with van der Waals surface area (Å²) in [5.41, 5.74) is 5.62. The molecule has 9 heteroatoms. The molecule has 8 nitrogen and oxygen atoms in total. The van der Waals surface area contributed by atoms with E-state index in [4.69, 9.17) is 5.73 Å². The molecular formula is C11H16N4O4S. The van der Waals surface area contributed by atoms with Crippen LogP contribution in [0, 0.1) is 10.1 Å². The van der Waals surface area contributed by atoms with Gasteiger partial charge in [0.25, 0.3) is 0 Å². The SMILES string of the molecule is NCC1CCCCN1S(=O)(=O)c1ccc([N+](=O)[O-])nc1. The summed E-state index contributed by atoms with van der Waals surface area (Å²) < 4.78 is 26.4. The first-order chi connectivity index (χ1) is 9.46. The Morgan fingerprint density at radius 2 is 2.20 bits per heavy atom. The summed E-state index contributed by atoms with van der Waals surface area (Å²) in [5, 5.41) is 10.5. The smallest absolute Gasteiger partial charge is 0.358 e. The molecule has 1 saturated heterocycles. The van der Waals surface area contributed by atoms with Crippen LogP contribution >= 0.6 is 0 Å². The molecule has 1 fully saturated rings. The molecule has 0 aromatic carbocycles. The lowest BCUT2D eigenvalue weighted by Crippen LogP contribution is -2.47. The van der Waals surface area contributed by atoms with E-state index >= 15 is 0 Å². The number of sulfonamides is 1. The largest absolute Gasteiger partial charge is 0.363 e. The Bertz CT molecular complexity index is 587. The molecular weight excluding hydrogens is 284 g/mol. The van der Waals surface area contributed by atoms with Gasteiger partial charge in [-0.15, -0.1) is 0 Å². The van der Waals surface area contributed by atoms with Crippen LogP contribution in [0.2, 0.25) is 0 Å². The van der Waals surface area contributed by atoms with Crippen molar-refractivity contribution in [2.24, 2.45) is 5.73 Å². The minimum atomic E-state index is -3.70. The van der Waals surface area contributed by atoms with Crippen LogP contribution in [0.3, 0.4) is 0 Å². The second kappa shape index (κ2) is 5.81. The van der Waals surface area contributed by atoms with E-state index < -0.39 is 14.9 Å². The fourth-order valence-electron chi connectivity index (χ4n) is 2.29. The minimum Gasteiger partial charge on any atom is -0.358 e. The summed E-state index contributed by atoms with van der Waals surface area (Å²) in [7, 11) is -3.70. The maximum absolute atomic E-state index is 12.5. The number of pyridine rings is 1. The molecule has 1 aliphatic rings. The molecule has 1 unspecified atom stereocenters. The van der Waals surface area contributed by atoms with E-state index in [0.29, 0.717) is 6.54 Å². The highest BCUT2D eigenvalue weighted by Crippen LogP contribution is 2.25. The van der Waals surface area contributed by atoms with Gasteiger partial charge >= 0.3 is 5.82 Å². The molecule has 2 N–H and O–H groups in total. The highest BCUT2D eigenvalue weighted by Gasteiger charge is 2.33. The van der Waals surface area contributed by atoms with Crippen LogP contribution < -0.4 is 5.73 Å². The van der Waals surface area contributed by atoms with Crippen molar-refractivity contribution < 1.29 is 13.3 Å². The number of hydrogen-bond acceptors (Lipinski definition) is 6. The molecule has 0 spiro atoms. The van der Waals surface area contributed by atoms with Gasteiger partial charge in [-0.1, -0.05) is 6.42 Å². The number of nitro groups is 1. The van der Waals surface area contributed by atoms with Crippen LogP contribution in [-0.2, 0) is 10.0 Å². The molecule has 0 saturated carbocycles. The monoisotopic (exact) mass is 300 g/mol. The lowest BCUT2D eigenvalue weighted by molar-refractivity contribution is -0.389. The van der Waals surface area contributed by atoms with E-state index in [2.05, 4.69) is 4.98 Å². The maximum Gasteiger partial charge on any atom is 0.363 e. The minimum absolute atomic E-state index is 0.0385. The Kier molecular flexibility index (Phi) is 4.31. The summed E-state index contributed by atoms with van der Waals surface area (Å²) in [6, 6.07) is 2.08. The van der Waals surface area contributed by atoms with E-state index in [1.54, 1.807) is 0 Å².